The zero-order chi connectivity index (χ0) is 13.7. The van der Waals surface area contributed by atoms with Gasteiger partial charge in [0.05, 0.1) is 11.3 Å². The first kappa shape index (κ1) is 12.7. The maximum Gasteiger partial charge on any atom is 0.352 e. The maximum absolute atomic E-state index is 13.5. The minimum Gasteiger partial charge on any atom is -0.382 e. The fourth-order valence-corrected chi connectivity index (χ4v) is 1.77. The number of aliphatic hydroxyl groups excluding tert-OH is 1. The van der Waals surface area contributed by atoms with E-state index >= 15 is 0 Å². The number of fused-ring (bicyclic) bond motifs is 1. The molecule has 0 saturated carbocycles. The second kappa shape index (κ2) is 3.91. The number of hydrogen-bond acceptors (Lipinski definition) is 2. The van der Waals surface area contributed by atoms with Gasteiger partial charge in [-0.3, -0.25) is 4.79 Å². The minimum absolute atomic E-state index is 0.485. The van der Waals surface area contributed by atoms with E-state index in [2.05, 4.69) is 0 Å². The molecule has 0 spiro atoms. The van der Waals surface area contributed by atoms with Crippen molar-refractivity contribution in [2.45, 2.75) is 18.5 Å². The quantitative estimate of drug-likeness (QED) is 0.807. The summed E-state index contributed by atoms with van der Waals surface area (Å²) in [6.07, 6.45) is -6.17. The van der Waals surface area contributed by atoms with E-state index in [-0.39, 0.29) is 0 Å². The van der Waals surface area contributed by atoms with Crippen molar-refractivity contribution in [3.8, 4) is 0 Å². The molecule has 2 rings (SSSR count). The highest BCUT2D eigenvalue weighted by Gasteiger charge is 2.52. The molecule has 1 aromatic rings. The van der Waals surface area contributed by atoms with Crippen LogP contribution >= 0.6 is 0 Å². The van der Waals surface area contributed by atoms with Crippen LogP contribution in [0.5, 0.6) is 0 Å². The fourth-order valence-electron chi connectivity index (χ4n) is 1.77. The first-order valence-electron chi connectivity index (χ1n) is 4.75. The van der Waals surface area contributed by atoms with Crippen LogP contribution in [-0.2, 0) is 10.7 Å². The van der Waals surface area contributed by atoms with Gasteiger partial charge in [-0.25, -0.2) is 13.2 Å². The summed E-state index contributed by atoms with van der Waals surface area (Å²) in [5.41, 5.74) is -2.98. The maximum atomic E-state index is 13.5. The van der Waals surface area contributed by atoms with Crippen LogP contribution in [0.3, 0.4) is 0 Å². The third kappa shape index (κ3) is 1.64. The van der Waals surface area contributed by atoms with E-state index in [9.17, 15) is 26.7 Å². The van der Waals surface area contributed by atoms with Gasteiger partial charge in [0, 0.05) is 5.56 Å². The van der Waals surface area contributed by atoms with Crippen molar-refractivity contribution < 1.29 is 31.9 Å². The Bertz CT molecular complexity index is 517. The lowest BCUT2D eigenvalue weighted by molar-refractivity contribution is -0.139. The van der Waals surface area contributed by atoms with Crippen molar-refractivity contribution in [3.63, 3.8) is 0 Å². The van der Waals surface area contributed by atoms with E-state index < -0.39 is 47.0 Å². The van der Waals surface area contributed by atoms with Crippen molar-refractivity contribution in [2.75, 3.05) is 5.32 Å². The molecular weight excluding hydrogens is 261 g/mol. The number of nitrogens with one attached hydrogen (secondary N) is 1. The number of carbonyl (C=O) groups excluding carboxylic acids is 1. The molecule has 0 radical (unpaired) electrons. The molecule has 1 aromatic carbocycles. The molecule has 98 valence electrons. The van der Waals surface area contributed by atoms with Gasteiger partial charge >= 0.3 is 5.92 Å². The Hall–Kier alpha value is -1.70. The average molecular weight is 267 g/mol. The van der Waals surface area contributed by atoms with Crippen LogP contribution in [0.25, 0.3) is 0 Å². The SMILES string of the molecule is O=C1Nc2ccc(F)c(C(O)C(F)F)c2C1(F)F. The van der Waals surface area contributed by atoms with E-state index in [1.54, 1.807) is 5.32 Å². The van der Waals surface area contributed by atoms with E-state index in [4.69, 9.17) is 5.11 Å². The third-order valence-corrected chi connectivity index (χ3v) is 2.57. The molecule has 8 heteroatoms. The Labute approximate surface area is 97.2 Å². The monoisotopic (exact) mass is 267 g/mol. The molecule has 18 heavy (non-hydrogen) atoms. The highest BCUT2D eigenvalue weighted by atomic mass is 19.3. The van der Waals surface area contributed by atoms with E-state index in [0.717, 1.165) is 6.07 Å². The first-order chi connectivity index (χ1) is 8.26. The Morgan fingerprint density at radius 3 is 2.44 bits per heavy atom. The highest BCUT2D eigenvalue weighted by molar-refractivity contribution is 6.04. The molecule has 0 fully saturated rings. The van der Waals surface area contributed by atoms with E-state index in [1.165, 1.54) is 0 Å². The first-order valence-corrected chi connectivity index (χ1v) is 4.75. The standard InChI is InChI=1S/C10H6F5NO2/c11-3-1-2-4-6(5(3)7(17)8(12)13)10(14,15)9(18)16-4/h1-2,7-8,17H,(H,16,18). The van der Waals surface area contributed by atoms with Crippen molar-refractivity contribution in [2.24, 2.45) is 0 Å². The minimum atomic E-state index is -4.15. The summed E-state index contributed by atoms with van der Waals surface area (Å²) < 4.78 is 65.0. The second-order valence-corrected chi connectivity index (χ2v) is 3.69. The zero-order valence-electron chi connectivity index (χ0n) is 8.55. The number of benzene rings is 1. The molecular formula is C10H6F5NO2. The van der Waals surface area contributed by atoms with Crippen LogP contribution in [0, 0.1) is 5.82 Å². The van der Waals surface area contributed by atoms with Crippen LogP contribution in [0.1, 0.15) is 17.2 Å². The summed E-state index contributed by atoms with van der Waals surface area (Å²) in [5.74, 6) is -7.31. The van der Waals surface area contributed by atoms with Gasteiger partial charge in [0.1, 0.15) is 11.9 Å². The number of halogens is 5. The van der Waals surface area contributed by atoms with Gasteiger partial charge in [-0.15, -0.1) is 0 Å². The predicted octanol–water partition coefficient (Wildman–Crippen LogP) is 2.17. The average Bonchev–Trinajstić information content (AvgIpc) is 2.50. The van der Waals surface area contributed by atoms with Gasteiger partial charge in [-0.05, 0) is 12.1 Å². The summed E-state index contributed by atoms with van der Waals surface area (Å²) in [5, 5.41) is 10.8. The Balaban J connectivity index is 2.69. The van der Waals surface area contributed by atoms with Gasteiger partial charge < -0.3 is 10.4 Å². The van der Waals surface area contributed by atoms with Crippen molar-refractivity contribution in [1.82, 2.24) is 0 Å². The Morgan fingerprint density at radius 2 is 1.89 bits per heavy atom. The van der Waals surface area contributed by atoms with Crippen LogP contribution in [-0.4, -0.2) is 17.4 Å². The molecule has 3 nitrogen and oxygen atoms in total. The van der Waals surface area contributed by atoms with Gasteiger partial charge in [-0.2, -0.15) is 8.78 Å². The summed E-state index contributed by atoms with van der Waals surface area (Å²) >= 11 is 0. The molecule has 1 amide bonds. The predicted molar refractivity (Wildman–Crippen MR) is 49.9 cm³/mol. The fraction of sp³-hybridized carbons (Fsp3) is 0.300. The number of anilines is 1. The van der Waals surface area contributed by atoms with Gasteiger partial charge in [0.15, 0.2) is 0 Å². The zero-order valence-corrected chi connectivity index (χ0v) is 8.55. The smallest absolute Gasteiger partial charge is 0.352 e. The number of aliphatic hydroxyl groups is 1. The molecule has 1 aliphatic heterocycles. The Kier molecular flexibility index (Phi) is 2.77. The lowest BCUT2D eigenvalue weighted by atomic mass is 9.97. The summed E-state index contributed by atoms with van der Waals surface area (Å²) in [6, 6.07) is 1.45. The summed E-state index contributed by atoms with van der Waals surface area (Å²) in [6.45, 7) is 0. The molecule has 2 N–H and O–H groups in total. The van der Waals surface area contributed by atoms with E-state index in [0.29, 0.717) is 6.07 Å². The van der Waals surface area contributed by atoms with Crippen molar-refractivity contribution >= 4 is 11.6 Å². The highest BCUT2D eigenvalue weighted by Crippen LogP contribution is 2.45. The molecule has 0 aromatic heterocycles. The number of carbonyl (C=O) groups is 1. The number of amides is 1. The van der Waals surface area contributed by atoms with Crippen LogP contribution in [0.15, 0.2) is 12.1 Å². The van der Waals surface area contributed by atoms with Crippen LogP contribution < -0.4 is 5.32 Å². The van der Waals surface area contributed by atoms with E-state index in [1.807, 2.05) is 0 Å². The number of rotatable bonds is 2. The van der Waals surface area contributed by atoms with Gasteiger partial charge in [-0.1, -0.05) is 0 Å². The second-order valence-electron chi connectivity index (χ2n) is 3.69. The number of alkyl halides is 4. The molecule has 0 aliphatic carbocycles. The lowest BCUT2D eigenvalue weighted by Crippen LogP contribution is -2.26. The molecule has 1 heterocycles. The summed E-state index contributed by atoms with van der Waals surface area (Å²) in [7, 11) is 0. The Morgan fingerprint density at radius 1 is 1.28 bits per heavy atom. The molecule has 0 saturated heterocycles. The normalized spacial score (nSPS) is 18.7. The third-order valence-electron chi connectivity index (χ3n) is 2.57. The van der Waals surface area contributed by atoms with Gasteiger partial charge in [0.2, 0.25) is 0 Å². The lowest BCUT2D eigenvalue weighted by Gasteiger charge is -2.17. The van der Waals surface area contributed by atoms with Crippen LogP contribution in [0.4, 0.5) is 27.6 Å². The molecule has 0 bridgehead atoms. The molecule has 1 unspecified atom stereocenters. The molecule has 1 aliphatic rings. The largest absolute Gasteiger partial charge is 0.382 e. The van der Waals surface area contributed by atoms with Gasteiger partial charge in [0.25, 0.3) is 12.3 Å². The molecule has 1 atom stereocenters. The van der Waals surface area contributed by atoms with Crippen molar-refractivity contribution in [3.05, 3.63) is 29.1 Å². The summed E-state index contributed by atoms with van der Waals surface area (Å²) in [4.78, 5) is 11.0. The van der Waals surface area contributed by atoms with Crippen LogP contribution in [0.2, 0.25) is 0 Å². The topological polar surface area (TPSA) is 49.3 Å². The number of hydrogen-bond donors (Lipinski definition) is 2. The van der Waals surface area contributed by atoms with Crippen molar-refractivity contribution in [1.29, 1.82) is 0 Å².